The standard InChI is InChI=1S/C7H8N2O5S/c8-4-2-1-3-5(9-7(10)11)6(4)15(12,13)14/h1-3,9H,8H2,(H,10,11)(H,12,13,14). The van der Waals surface area contributed by atoms with Crippen LogP contribution < -0.4 is 11.1 Å². The van der Waals surface area contributed by atoms with Crippen molar-refractivity contribution in [2.75, 3.05) is 11.1 Å². The van der Waals surface area contributed by atoms with E-state index in [0.29, 0.717) is 0 Å². The second-order valence-corrected chi connectivity index (χ2v) is 3.99. The van der Waals surface area contributed by atoms with Crippen LogP contribution in [0.15, 0.2) is 23.1 Å². The highest BCUT2D eigenvalue weighted by molar-refractivity contribution is 7.86. The van der Waals surface area contributed by atoms with Crippen LogP contribution in [0.3, 0.4) is 0 Å². The summed E-state index contributed by atoms with van der Waals surface area (Å²) >= 11 is 0. The van der Waals surface area contributed by atoms with Crippen LogP contribution in [0.4, 0.5) is 16.2 Å². The molecule has 15 heavy (non-hydrogen) atoms. The summed E-state index contributed by atoms with van der Waals surface area (Å²) in [7, 11) is -4.56. The molecule has 82 valence electrons. The molecule has 1 aromatic rings. The monoisotopic (exact) mass is 232 g/mol. The van der Waals surface area contributed by atoms with Crippen LogP contribution in [0.1, 0.15) is 0 Å². The van der Waals surface area contributed by atoms with Crippen molar-refractivity contribution < 1.29 is 22.9 Å². The molecule has 8 heteroatoms. The number of nitrogens with two attached hydrogens (primary N) is 1. The third kappa shape index (κ3) is 2.58. The lowest BCUT2D eigenvalue weighted by molar-refractivity contribution is 0.209. The van der Waals surface area contributed by atoms with Gasteiger partial charge in [-0.1, -0.05) is 6.07 Å². The fourth-order valence-corrected chi connectivity index (χ4v) is 1.82. The van der Waals surface area contributed by atoms with Gasteiger partial charge < -0.3 is 10.8 Å². The number of rotatable bonds is 2. The number of amides is 1. The molecular weight excluding hydrogens is 224 g/mol. The molecule has 0 fully saturated rings. The Kier molecular flexibility index (Phi) is 2.82. The molecule has 7 nitrogen and oxygen atoms in total. The quantitative estimate of drug-likeness (QED) is 0.436. The topological polar surface area (TPSA) is 130 Å². The zero-order valence-corrected chi connectivity index (χ0v) is 8.15. The van der Waals surface area contributed by atoms with Crippen molar-refractivity contribution >= 4 is 27.6 Å². The highest BCUT2D eigenvalue weighted by atomic mass is 32.2. The lowest BCUT2D eigenvalue weighted by atomic mass is 10.3. The molecule has 0 spiro atoms. The van der Waals surface area contributed by atoms with Gasteiger partial charge in [-0.3, -0.25) is 9.87 Å². The minimum Gasteiger partial charge on any atom is -0.465 e. The van der Waals surface area contributed by atoms with E-state index in [9.17, 15) is 13.2 Å². The Labute approximate surface area is 85.3 Å². The molecule has 1 amide bonds. The van der Waals surface area contributed by atoms with Gasteiger partial charge in [0.1, 0.15) is 4.90 Å². The van der Waals surface area contributed by atoms with Gasteiger partial charge >= 0.3 is 6.09 Å². The van der Waals surface area contributed by atoms with Gasteiger partial charge in [0, 0.05) is 0 Å². The van der Waals surface area contributed by atoms with Gasteiger partial charge in [-0.25, -0.2) is 4.79 Å². The number of nitrogens with one attached hydrogen (secondary N) is 1. The van der Waals surface area contributed by atoms with Gasteiger partial charge in [0.15, 0.2) is 0 Å². The molecule has 0 saturated heterocycles. The highest BCUT2D eigenvalue weighted by Gasteiger charge is 2.19. The fourth-order valence-electron chi connectivity index (χ4n) is 1.06. The van der Waals surface area contributed by atoms with Crippen molar-refractivity contribution in [2.24, 2.45) is 0 Å². The second-order valence-electron chi connectivity index (χ2n) is 2.63. The van der Waals surface area contributed by atoms with Crippen molar-refractivity contribution in [3.05, 3.63) is 18.2 Å². The van der Waals surface area contributed by atoms with Gasteiger partial charge in [-0.05, 0) is 12.1 Å². The molecule has 0 saturated carbocycles. The van der Waals surface area contributed by atoms with Crippen LogP contribution in [0.5, 0.6) is 0 Å². The van der Waals surface area contributed by atoms with E-state index in [1.54, 1.807) is 0 Å². The lowest BCUT2D eigenvalue weighted by Crippen LogP contribution is -2.13. The summed E-state index contributed by atoms with van der Waals surface area (Å²) in [5, 5.41) is 10.2. The molecule has 5 N–H and O–H groups in total. The molecule has 1 aromatic carbocycles. The molecule has 0 bridgehead atoms. The predicted octanol–water partition coefficient (Wildman–Crippen LogP) is 0.605. The van der Waals surface area contributed by atoms with Gasteiger partial charge in [-0.2, -0.15) is 8.42 Å². The van der Waals surface area contributed by atoms with Crippen LogP contribution >= 0.6 is 0 Å². The zero-order valence-electron chi connectivity index (χ0n) is 7.34. The summed E-state index contributed by atoms with van der Waals surface area (Å²) in [5.41, 5.74) is 4.79. The molecule has 0 atom stereocenters. The summed E-state index contributed by atoms with van der Waals surface area (Å²) in [6, 6.07) is 3.76. The Bertz CT molecular complexity index is 496. The van der Waals surface area contributed by atoms with E-state index in [2.05, 4.69) is 0 Å². The maximum Gasteiger partial charge on any atom is 0.409 e. The largest absolute Gasteiger partial charge is 0.465 e. The van der Waals surface area contributed by atoms with Gasteiger partial charge in [0.2, 0.25) is 0 Å². The third-order valence-corrected chi connectivity index (χ3v) is 2.52. The second kappa shape index (κ2) is 3.75. The number of nitrogen functional groups attached to an aromatic ring is 1. The summed E-state index contributed by atoms with van der Waals surface area (Å²) < 4.78 is 30.6. The first-order valence-corrected chi connectivity index (χ1v) is 5.12. The Morgan fingerprint density at radius 2 is 2.00 bits per heavy atom. The van der Waals surface area contributed by atoms with Crippen molar-refractivity contribution in [3.63, 3.8) is 0 Å². The Balaban J connectivity index is 3.40. The van der Waals surface area contributed by atoms with E-state index in [1.807, 2.05) is 5.32 Å². The van der Waals surface area contributed by atoms with E-state index >= 15 is 0 Å². The number of benzene rings is 1. The van der Waals surface area contributed by atoms with E-state index < -0.39 is 21.1 Å². The van der Waals surface area contributed by atoms with Crippen molar-refractivity contribution in [3.8, 4) is 0 Å². The predicted molar refractivity (Wildman–Crippen MR) is 52.3 cm³/mol. The lowest BCUT2D eigenvalue weighted by Gasteiger charge is -2.08. The third-order valence-electron chi connectivity index (χ3n) is 1.55. The summed E-state index contributed by atoms with van der Waals surface area (Å²) in [4.78, 5) is 9.68. The molecule has 0 aliphatic rings. The first kappa shape index (κ1) is 11.3. The van der Waals surface area contributed by atoms with E-state index in [-0.39, 0.29) is 11.4 Å². The van der Waals surface area contributed by atoms with Crippen LogP contribution in [0.25, 0.3) is 0 Å². The molecule has 0 heterocycles. The fraction of sp³-hybridized carbons (Fsp3) is 0. The SMILES string of the molecule is Nc1cccc(NC(=O)O)c1S(=O)(=O)O. The van der Waals surface area contributed by atoms with E-state index in [0.717, 1.165) is 0 Å². The molecular formula is C7H8N2O5S. The molecule has 0 unspecified atom stereocenters. The van der Waals surface area contributed by atoms with Gasteiger partial charge in [0.25, 0.3) is 10.1 Å². The van der Waals surface area contributed by atoms with E-state index in [1.165, 1.54) is 18.2 Å². The highest BCUT2D eigenvalue weighted by Crippen LogP contribution is 2.26. The zero-order chi connectivity index (χ0) is 11.6. The average Bonchev–Trinajstić information content (AvgIpc) is 1.99. The van der Waals surface area contributed by atoms with E-state index in [4.69, 9.17) is 15.4 Å². The number of hydrogen-bond acceptors (Lipinski definition) is 4. The maximum absolute atomic E-state index is 10.9. The maximum atomic E-state index is 10.9. The molecule has 1 rings (SSSR count). The summed E-state index contributed by atoms with van der Waals surface area (Å²) in [6.45, 7) is 0. The summed E-state index contributed by atoms with van der Waals surface area (Å²) in [6.07, 6.45) is -1.45. The normalized spacial score (nSPS) is 11.0. The number of carbonyl (C=O) groups is 1. The minimum atomic E-state index is -4.56. The van der Waals surface area contributed by atoms with Crippen molar-refractivity contribution in [1.82, 2.24) is 0 Å². The van der Waals surface area contributed by atoms with Crippen molar-refractivity contribution in [1.29, 1.82) is 0 Å². The van der Waals surface area contributed by atoms with Crippen LogP contribution in [-0.4, -0.2) is 24.2 Å². The van der Waals surface area contributed by atoms with Crippen LogP contribution in [-0.2, 0) is 10.1 Å². The summed E-state index contributed by atoms with van der Waals surface area (Å²) in [5.74, 6) is 0. The first-order chi connectivity index (χ1) is 6.82. The molecule has 0 aliphatic heterocycles. The van der Waals surface area contributed by atoms with Crippen LogP contribution in [0, 0.1) is 0 Å². The minimum absolute atomic E-state index is 0.233. The Hall–Kier alpha value is -1.80. The van der Waals surface area contributed by atoms with Crippen LogP contribution in [0.2, 0.25) is 0 Å². The smallest absolute Gasteiger partial charge is 0.409 e. The number of carboxylic acid groups (broad SMARTS) is 1. The van der Waals surface area contributed by atoms with Gasteiger partial charge in [0.05, 0.1) is 11.4 Å². The molecule has 0 aliphatic carbocycles. The molecule has 0 radical (unpaired) electrons. The molecule has 0 aromatic heterocycles. The van der Waals surface area contributed by atoms with Gasteiger partial charge in [-0.15, -0.1) is 0 Å². The average molecular weight is 232 g/mol. The number of anilines is 2. The Morgan fingerprint density at radius 3 is 2.47 bits per heavy atom. The van der Waals surface area contributed by atoms with Crippen molar-refractivity contribution in [2.45, 2.75) is 4.90 Å². The number of hydrogen-bond donors (Lipinski definition) is 4. The Morgan fingerprint density at radius 1 is 1.40 bits per heavy atom. The first-order valence-electron chi connectivity index (χ1n) is 3.68.